The summed E-state index contributed by atoms with van der Waals surface area (Å²) >= 11 is 10.9. The molecule has 0 fully saturated rings. The molecule has 2 N–H and O–H groups in total. The highest BCUT2D eigenvalue weighted by atomic mass is 35.5. The average Bonchev–Trinajstić information content (AvgIpc) is 2.62. The molecule has 0 saturated heterocycles. The molecule has 0 aliphatic rings. The standard InChI is InChI=1S/C15H16Cl2N2O7/c16-14(17)15(23)18-11(8-26-12(21)2-1-7-20)13(22)9-3-5-10(6-4-9)19(24)25/h3-7,11,13-14,22H,1-2,8H2,(H,18,23)/t11-,13-/m1/s1. The van der Waals surface area contributed by atoms with Crippen LogP contribution in [0.15, 0.2) is 24.3 Å². The van der Waals surface area contributed by atoms with Gasteiger partial charge >= 0.3 is 5.97 Å². The van der Waals surface area contributed by atoms with Crippen LogP contribution in [0.4, 0.5) is 5.69 Å². The van der Waals surface area contributed by atoms with Crippen LogP contribution in [0.5, 0.6) is 0 Å². The minimum absolute atomic E-state index is 0.0216. The monoisotopic (exact) mass is 406 g/mol. The lowest BCUT2D eigenvalue weighted by atomic mass is 10.0. The zero-order chi connectivity index (χ0) is 19.7. The number of aliphatic hydroxyl groups is 1. The number of rotatable bonds is 10. The maximum atomic E-state index is 11.7. The number of nitrogens with one attached hydrogen (secondary N) is 1. The van der Waals surface area contributed by atoms with Crippen molar-refractivity contribution >= 4 is 47.1 Å². The molecule has 0 aliphatic heterocycles. The van der Waals surface area contributed by atoms with Gasteiger partial charge < -0.3 is 20.0 Å². The number of ether oxygens (including phenoxy) is 1. The van der Waals surface area contributed by atoms with Crippen LogP contribution in [0.25, 0.3) is 0 Å². The third-order valence-electron chi connectivity index (χ3n) is 3.24. The van der Waals surface area contributed by atoms with Gasteiger partial charge in [0.15, 0.2) is 4.84 Å². The number of aliphatic hydroxyl groups excluding tert-OH is 1. The van der Waals surface area contributed by atoms with Crippen molar-refractivity contribution in [3.8, 4) is 0 Å². The minimum atomic E-state index is -1.41. The van der Waals surface area contributed by atoms with Gasteiger partial charge in [-0.2, -0.15) is 0 Å². The fourth-order valence-electron chi connectivity index (χ4n) is 1.91. The Morgan fingerprint density at radius 3 is 2.42 bits per heavy atom. The van der Waals surface area contributed by atoms with Crippen molar-refractivity contribution in [1.82, 2.24) is 5.32 Å². The van der Waals surface area contributed by atoms with Crippen molar-refractivity contribution in [1.29, 1.82) is 0 Å². The summed E-state index contributed by atoms with van der Waals surface area (Å²) in [7, 11) is 0. The fraction of sp³-hybridized carbons (Fsp3) is 0.400. The molecular formula is C15H16Cl2N2O7. The van der Waals surface area contributed by atoms with Crippen molar-refractivity contribution in [3.63, 3.8) is 0 Å². The average molecular weight is 407 g/mol. The number of non-ortho nitro benzene ring substituents is 1. The molecule has 1 aromatic carbocycles. The van der Waals surface area contributed by atoms with Gasteiger partial charge in [0, 0.05) is 18.6 Å². The summed E-state index contributed by atoms with van der Waals surface area (Å²) < 4.78 is 4.92. The van der Waals surface area contributed by atoms with E-state index in [9.17, 15) is 29.6 Å². The van der Waals surface area contributed by atoms with Crippen LogP contribution in [0.1, 0.15) is 24.5 Å². The molecule has 1 aromatic rings. The number of hydrogen-bond donors (Lipinski definition) is 2. The summed E-state index contributed by atoms with van der Waals surface area (Å²) in [5.41, 5.74) is 0.0638. The molecule has 0 aromatic heterocycles. The van der Waals surface area contributed by atoms with Crippen molar-refractivity contribution < 1.29 is 29.2 Å². The first-order chi connectivity index (χ1) is 12.3. The largest absolute Gasteiger partial charge is 0.463 e. The number of amides is 1. The highest BCUT2D eigenvalue weighted by Crippen LogP contribution is 2.21. The first-order valence-corrected chi connectivity index (χ1v) is 8.23. The van der Waals surface area contributed by atoms with E-state index in [4.69, 9.17) is 27.9 Å². The van der Waals surface area contributed by atoms with E-state index in [-0.39, 0.29) is 24.1 Å². The maximum absolute atomic E-state index is 11.7. The van der Waals surface area contributed by atoms with Gasteiger partial charge in [-0.15, -0.1) is 0 Å². The van der Waals surface area contributed by atoms with E-state index in [1.165, 1.54) is 24.3 Å². The van der Waals surface area contributed by atoms with Crippen molar-refractivity contribution in [3.05, 3.63) is 39.9 Å². The highest BCUT2D eigenvalue weighted by molar-refractivity contribution is 6.53. The summed E-state index contributed by atoms with van der Waals surface area (Å²) in [6.45, 7) is -0.415. The molecule has 9 nitrogen and oxygen atoms in total. The Morgan fingerprint density at radius 2 is 1.92 bits per heavy atom. The van der Waals surface area contributed by atoms with Crippen LogP contribution >= 0.6 is 23.2 Å². The van der Waals surface area contributed by atoms with Gasteiger partial charge in [-0.1, -0.05) is 23.2 Å². The summed E-state index contributed by atoms with van der Waals surface area (Å²) in [5.74, 6) is -1.51. The maximum Gasteiger partial charge on any atom is 0.306 e. The summed E-state index contributed by atoms with van der Waals surface area (Å²) in [5, 5.41) is 23.4. The molecule has 11 heteroatoms. The summed E-state index contributed by atoms with van der Waals surface area (Å²) in [6, 6.07) is 3.85. The lowest BCUT2D eigenvalue weighted by Gasteiger charge is -2.24. The Labute approximate surface area is 158 Å². The fourth-order valence-corrected chi connectivity index (χ4v) is 2.04. The second-order valence-electron chi connectivity index (χ2n) is 5.10. The second-order valence-corrected chi connectivity index (χ2v) is 6.19. The lowest BCUT2D eigenvalue weighted by molar-refractivity contribution is -0.384. The van der Waals surface area contributed by atoms with Gasteiger partial charge in [-0.05, 0) is 17.7 Å². The Hall–Kier alpha value is -2.23. The van der Waals surface area contributed by atoms with Gasteiger partial charge in [-0.3, -0.25) is 19.7 Å². The molecule has 0 saturated carbocycles. The van der Waals surface area contributed by atoms with Crippen molar-refractivity contribution in [2.24, 2.45) is 0 Å². The molecular weight excluding hydrogens is 391 g/mol. The van der Waals surface area contributed by atoms with Gasteiger partial charge in [0.2, 0.25) is 0 Å². The highest BCUT2D eigenvalue weighted by Gasteiger charge is 2.27. The Morgan fingerprint density at radius 1 is 1.31 bits per heavy atom. The molecule has 1 rings (SSSR count). The van der Waals surface area contributed by atoms with Crippen molar-refractivity contribution in [2.75, 3.05) is 6.61 Å². The molecule has 0 spiro atoms. The first kappa shape index (κ1) is 21.8. The predicted octanol–water partition coefficient (Wildman–Crippen LogP) is 1.44. The van der Waals surface area contributed by atoms with E-state index in [0.29, 0.717) is 6.29 Å². The number of esters is 1. The number of hydrogen-bond acceptors (Lipinski definition) is 7. The quantitative estimate of drug-likeness (QED) is 0.197. The Balaban J connectivity index is 2.87. The van der Waals surface area contributed by atoms with E-state index < -0.39 is 40.4 Å². The van der Waals surface area contributed by atoms with Crippen LogP contribution < -0.4 is 5.32 Å². The van der Waals surface area contributed by atoms with E-state index >= 15 is 0 Å². The molecule has 1 amide bonds. The van der Waals surface area contributed by atoms with E-state index in [1.807, 2.05) is 0 Å². The number of carbonyl (C=O) groups excluding carboxylic acids is 3. The molecule has 0 bridgehead atoms. The van der Waals surface area contributed by atoms with Gasteiger partial charge in [0.25, 0.3) is 11.6 Å². The SMILES string of the molecule is O=CCCC(=O)OC[C@@H](NC(=O)C(Cl)Cl)[C@H](O)c1ccc([N+](=O)[O-])cc1. The zero-order valence-electron chi connectivity index (χ0n) is 13.3. The van der Waals surface area contributed by atoms with Crippen LogP contribution in [-0.4, -0.2) is 45.7 Å². The second kappa shape index (κ2) is 10.7. The lowest BCUT2D eigenvalue weighted by Crippen LogP contribution is -2.45. The van der Waals surface area contributed by atoms with E-state index in [0.717, 1.165) is 0 Å². The smallest absolute Gasteiger partial charge is 0.306 e. The topological polar surface area (TPSA) is 136 Å². The normalized spacial score (nSPS) is 12.9. The van der Waals surface area contributed by atoms with Gasteiger partial charge in [-0.25, -0.2) is 0 Å². The van der Waals surface area contributed by atoms with Gasteiger partial charge in [0.05, 0.1) is 17.4 Å². The number of nitro benzene ring substituents is 1. The van der Waals surface area contributed by atoms with Crippen LogP contribution in [0.3, 0.4) is 0 Å². The van der Waals surface area contributed by atoms with E-state index in [2.05, 4.69) is 5.32 Å². The van der Waals surface area contributed by atoms with Gasteiger partial charge in [0.1, 0.15) is 19.0 Å². The molecule has 0 radical (unpaired) electrons. The number of nitro groups is 1. The van der Waals surface area contributed by atoms with Crippen LogP contribution in [0.2, 0.25) is 0 Å². The third kappa shape index (κ3) is 6.95. The number of aldehydes is 1. The first-order valence-electron chi connectivity index (χ1n) is 7.36. The van der Waals surface area contributed by atoms with Crippen LogP contribution in [0, 0.1) is 10.1 Å². The molecule has 0 heterocycles. The number of halogens is 2. The van der Waals surface area contributed by atoms with Crippen molar-refractivity contribution in [2.45, 2.75) is 29.8 Å². The molecule has 0 aliphatic carbocycles. The molecule has 26 heavy (non-hydrogen) atoms. The molecule has 142 valence electrons. The Bertz CT molecular complexity index is 652. The number of nitrogens with zero attached hydrogens (tertiary/aromatic N) is 1. The summed E-state index contributed by atoms with van der Waals surface area (Å²) in [4.78, 5) is 42.1. The minimum Gasteiger partial charge on any atom is -0.463 e. The number of carbonyl (C=O) groups is 3. The third-order valence-corrected chi connectivity index (χ3v) is 3.64. The number of alkyl halides is 2. The van der Waals surface area contributed by atoms with E-state index in [1.54, 1.807) is 0 Å². The number of benzene rings is 1. The van der Waals surface area contributed by atoms with Crippen LogP contribution in [-0.2, 0) is 19.1 Å². The Kier molecular flexibility index (Phi) is 8.97. The summed E-state index contributed by atoms with van der Waals surface area (Å²) in [6.07, 6.45) is -0.971. The molecule has 2 atom stereocenters. The zero-order valence-corrected chi connectivity index (χ0v) is 14.9. The molecule has 0 unspecified atom stereocenters. The predicted molar refractivity (Wildman–Crippen MR) is 91.7 cm³/mol.